The first kappa shape index (κ1) is 13.9. The van der Waals surface area contributed by atoms with E-state index in [-0.39, 0.29) is 18.4 Å². The average molecular weight is 296 g/mol. The monoisotopic (exact) mass is 296 g/mol. The summed E-state index contributed by atoms with van der Waals surface area (Å²) in [6, 6.07) is 8.75. The predicted octanol–water partition coefficient (Wildman–Crippen LogP) is 0.425. The largest absolute Gasteiger partial charge is 0.274 e. The van der Waals surface area contributed by atoms with Gasteiger partial charge in [0.2, 0.25) is 0 Å². The van der Waals surface area contributed by atoms with Crippen molar-refractivity contribution in [2.75, 3.05) is 6.54 Å². The highest BCUT2D eigenvalue weighted by Crippen LogP contribution is 2.22. The number of aromatic nitrogens is 4. The fourth-order valence-electron chi connectivity index (χ4n) is 2.28. The molecule has 8 heteroatoms. The van der Waals surface area contributed by atoms with Crippen LogP contribution in [0.5, 0.6) is 0 Å². The Bertz CT molecular complexity index is 741. The van der Waals surface area contributed by atoms with Crippen LogP contribution in [0.4, 0.5) is 0 Å². The van der Waals surface area contributed by atoms with E-state index in [1.165, 1.54) is 9.70 Å². The van der Waals surface area contributed by atoms with Crippen molar-refractivity contribution in [1.82, 2.24) is 25.1 Å². The molecule has 8 nitrogen and oxygen atoms in total. The van der Waals surface area contributed by atoms with Crippen molar-refractivity contribution in [3.63, 3.8) is 0 Å². The number of benzene rings is 1. The first-order valence-electron chi connectivity index (χ1n) is 6.79. The van der Waals surface area contributed by atoms with Gasteiger partial charge in [-0.2, -0.15) is 10.1 Å². The molecule has 2 amide bonds. The van der Waals surface area contributed by atoms with Gasteiger partial charge < -0.3 is 0 Å². The van der Waals surface area contributed by atoms with Crippen LogP contribution >= 0.6 is 0 Å². The van der Waals surface area contributed by atoms with Crippen LogP contribution in [0, 0.1) is 11.3 Å². The maximum atomic E-state index is 12.2. The quantitative estimate of drug-likeness (QED) is 0.741. The van der Waals surface area contributed by atoms with Gasteiger partial charge in [0.25, 0.3) is 11.8 Å². The molecule has 0 radical (unpaired) electrons. The lowest BCUT2D eigenvalue weighted by Crippen LogP contribution is -2.32. The summed E-state index contributed by atoms with van der Waals surface area (Å²) in [6.07, 6.45) is 0.631. The van der Waals surface area contributed by atoms with Gasteiger partial charge in [0.05, 0.1) is 30.2 Å². The van der Waals surface area contributed by atoms with Gasteiger partial charge in [-0.05, 0) is 17.3 Å². The van der Waals surface area contributed by atoms with E-state index in [9.17, 15) is 9.59 Å². The number of nitriles is 1. The zero-order valence-electron chi connectivity index (χ0n) is 11.6. The molecule has 0 unspecified atom stereocenters. The molecule has 0 aliphatic carbocycles. The third-order valence-electron chi connectivity index (χ3n) is 3.36. The lowest BCUT2D eigenvalue weighted by atomic mass is 10.1. The molecule has 0 saturated carbocycles. The zero-order chi connectivity index (χ0) is 15.5. The number of nitrogens with zero attached hydrogens (tertiary/aromatic N) is 6. The van der Waals surface area contributed by atoms with Crippen molar-refractivity contribution in [1.29, 1.82) is 5.26 Å². The number of tetrazole rings is 1. The van der Waals surface area contributed by atoms with Crippen LogP contribution in [0.2, 0.25) is 0 Å². The van der Waals surface area contributed by atoms with Crippen molar-refractivity contribution < 1.29 is 9.59 Å². The highest BCUT2D eigenvalue weighted by molar-refractivity contribution is 6.21. The molecular formula is C14H12N6O2. The van der Waals surface area contributed by atoms with Crippen LogP contribution < -0.4 is 0 Å². The number of hydrogen-bond acceptors (Lipinski definition) is 6. The van der Waals surface area contributed by atoms with E-state index in [0.29, 0.717) is 36.3 Å². The second-order valence-electron chi connectivity index (χ2n) is 4.77. The molecule has 22 heavy (non-hydrogen) atoms. The highest BCUT2D eigenvalue weighted by atomic mass is 16.2. The number of carbonyl (C=O) groups is 2. The van der Waals surface area contributed by atoms with E-state index in [0.717, 1.165) is 0 Å². The Morgan fingerprint density at radius 3 is 2.41 bits per heavy atom. The summed E-state index contributed by atoms with van der Waals surface area (Å²) in [4.78, 5) is 26.9. The van der Waals surface area contributed by atoms with Crippen molar-refractivity contribution in [3.8, 4) is 6.07 Å². The molecule has 0 bridgehead atoms. The van der Waals surface area contributed by atoms with Gasteiger partial charge in [-0.3, -0.25) is 14.5 Å². The maximum absolute atomic E-state index is 12.2. The van der Waals surface area contributed by atoms with Gasteiger partial charge in [0.1, 0.15) is 0 Å². The Morgan fingerprint density at radius 2 is 1.77 bits per heavy atom. The van der Waals surface area contributed by atoms with Gasteiger partial charge in [-0.1, -0.05) is 12.1 Å². The van der Waals surface area contributed by atoms with Crippen LogP contribution in [0.3, 0.4) is 0 Å². The molecule has 0 N–H and O–H groups in total. The topological polar surface area (TPSA) is 105 Å². The van der Waals surface area contributed by atoms with E-state index in [2.05, 4.69) is 15.4 Å². The summed E-state index contributed by atoms with van der Waals surface area (Å²) in [5, 5.41) is 20.3. The number of imide groups is 1. The van der Waals surface area contributed by atoms with Crippen molar-refractivity contribution in [2.24, 2.45) is 0 Å². The van der Waals surface area contributed by atoms with E-state index < -0.39 is 0 Å². The Labute approximate surface area is 125 Å². The number of rotatable bonds is 5. The summed E-state index contributed by atoms with van der Waals surface area (Å²) in [5.74, 6) is -0.149. The van der Waals surface area contributed by atoms with Crippen LogP contribution in [0.1, 0.15) is 33.0 Å². The molecule has 0 atom stereocenters. The fraction of sp³-hybridized carbons (Fsp3) is 0.286. The minimum absolute atomic E-state index is 0.205. The van der Waals surface area contributed by atoms with E-state index in [1.807, 2.05) is 6.07 Å². The highest BCUT2D eigenvalue weighted by Gasteiger charge is 2.34. The molecular weight excluding hydrogens is 284 g/mol. The lowest BCUT2D eigenvalue weighted by Gasteiger charge is -2.11. The van der Waals surface area contributed by atoms with E-state index in [1.54, 1.807) is 24.3 Å². The number of aryl methyl sites for hydroxylation is 1. The van der Waals surface area contributed by atoms with Crippen molar-refractivity contribution >= 4 is 11.8 Å². The maximum Gasteiger partial charge on any atom is 0.261 e. The third kappa shape index (κ3) is 2.44. The van der Waals surface area contributed by atoms with Crippen LogP contribution in [0.25, 0.3) is 0 Å². The smallest absolute Gasteiger partial charge is 0.261 e. The fourth-order valence-corrected chi connectivity index (χ4v) is 2.28. The van der Waals surface area contributed by atoms with Crippen LogP contribution in [-0.2, 0) is 13.0 Å². The SMILES string of the molecule is N#CCCn1nnc(CCN2C(=O)c3ccccc3C2=O)n1. The predicted molar refractivity (Wildman–Crippen MR) is 73.6 cm³/mol. The molecule has 2 heterocycles. The number of amides is 2. The van der Waals surface area contributed by atoms with Crippen molar-refractivity contribution in [3.05, 3.63) is 41.2 Å². The van der Waals surface area contributed by atoms with Gasteiger partial charge in [-0.25, -0.2) is 0 Å². The third-order valence-corrected chi connectivity index (χ3v) is 3.36. The van der Waals surface area contributed by atoms with Gasteiger partial charge in [-0.15, -0.1) is 10.2 Å². The van der Waals surface area contributed by atoms with Crippen LogP contribution in [0.15, 0.2) is 24.3 Å². The van der Waals surface area contributed by atoms with E-state index in [4.69, 9.17) is 5.26 Å². The summed E-state index contributed by atoms with van der Waals surface area (Å²) in [7, 11) is 0. The Balaban J connectivity index is 1.66. The summed E-state index contributed by atoms with van der Waals surface area (Å²) < 4.78 is 0. The minimum atomic E-state index is -0.294. The van der Waals surface area contributed by atoms with Gasteiger partial charge in [0.15, 0.2) is 5.82 Å². The summed E-state index contributed by atoms with van der Waals surface area (Å²) in [5.41, 5.74) is 0.858. The second-order valence-corrected chi connectivity index (χ2v) is 4.77. The molecule has 1 aromatic carbocycles. The molecule has 0 spiro atoms. The molecule has 1 aliphatic heterocycles. The Morgan fingerprint density at radius 1 is 1.09 bits per heavy atom. The van der Waals surface area contributed by atoms with Gasteiger partial charge in [0, 0.05) is 13.0 Å². The molecule has 110 valence electrons. The number of hydrogen-bond donors (Lipinski definition) is 0. The summed E-state index contributed by atoms with van der Waals surface area (Å²) in [6.45, 7) is 0.576. The van der Waals surface area contributed by atoms with Crippen LogP contribution in [-0.4, -0.2) is 43.5 Å². The molecule has 0 saturated heterocycles. The average Bonchev–Trinajstić information content (AvgIpc) is 3.08. The molecule has 1 aliphatic rings. The minimum Gasteiger partial charge on any atom is -0.274 e. The summed E-state index contributed by atoms with van der Waals surface area (Å²) >= 11 is 0. The molecule has 3 rings (SSSR count). The Kier molecular flexibility index (Phi) is 3.62. The number of fused-ring (bicyclic) bond motifs is 1. The molecule has 0 fully saturated rings. The standard InChI is InChI=1S/C14H12N6O2/c15-7-3-8-20-17-12(16-18-20)6-9-19-13(21)10-4-1-2-5-11(10)14(19)22/h1-2,4-5H,3,6,8-9H2. The molecule has 2 aromatic rings. The first-order valence-corrected chi connectivity index (χ1v) is 6.79. The first-order chi connectivity index (χ1) is 10.7. The van der Waals surface area contributed by atoms with E-state index >= 15 is 0 Å². The van der Waals surface area contributed by atoms with Crippen molar-refractivity contribution in [2.45, 2.75) is 19.4 Å². The van der Waals surface area contributed by atoms with Gasteiger partial charge >= 0.3 is 0 Å². The zero-order valence-corrected chi connectivity index (χ0v) is 11.6. The molecule has 1 aromatic heterocycles. The Hall–Kier alpha value is -3.08. The second kappa shape index (κ2) is 5.73. The lowest BCUT2D eigenvalue weighted by molar-refractivity contribution is 0.0655. The normalized spacial score (nSPS) is 13.3. The number of carbonyl (C=O) groups excluding carboxylic acids is 2.